The maximum absolute atomic E-state index is 10.8. The van der Waals surface area contributed by atoms with Gasteiger partial charge in [0.2, 0.25) is 0 Å². The van der Waals surface area contributed by atoms with Crippen molar-refractivity contribution in [3.8, 4) is 0 Å². The molecule has 1 amide bonds. The molecular formula is C11H19NO. The van der Waals surface area contributed by atoms with Crippen molar-refractivity contribution >= 4 is 12.1 Å². The van der Waals surface area contributed by atoms with Crippen LogP contribution in [-0.2, 0) is 4.79 Å². The van der Waals surface area contributed by atoms with Crippen LogP contribution < -0.4 is 0 Å². The number of amides is 1. The van der Waals surface area contributed by atoms with Gasteiger partial charge in [0.1, 0.15) is 0 Å². The van der Waals surface area contributed by atoms with Crippen LogP contribution in [0.4, 0.5) is 0 Å². The first-order valence-electron chi connectivity index (χ1n) is 4.82. The van der Waals surface area contributed by atoms with E-state index in [1.54, 1.807) is 0 Å². The largest absolute Gasteiger partial charge is 0.272 e. The van der Waals surface area contributed by atoms with Gasteiger partial charge in [-0.15, -0.1) is 0 Å². The monoisotopic (exact) mass is 181 g/mol. The van der Waals surface area contributed by atoms with Crippen molar-refractivity contribution in [2.75, 3.05) is 0 Å². The minimum Gasteiger partial charge on any atom is -0.272 e. The van der Waals surface area contributed by atoms with Gasteiger partial charge in [-0.1, -0.05) is 33.8 Å². The van der Waals surface area contributed by atoms with Crippen LogP contribution in [0.2, 0.25) is 0 Å². The lowest BCUT2D eigenvalue weighted by Crippen LogP contribution is -2.10. The summed E-state index contributed by atoms with van der Waals surface area (Å²) in [5.41, 5.74) is 0. The molecule has 0 N–H and O–H groups in total. The molecule has 1 aliphatic rings. The highest BCUT2D eigenvalue weighted by Gasteiger charge is 2.12. The molecule has 1 rings (SSSR count). The normalized spacial score (nSPS) is 20.1. The van der Waals surface area contributed by atoms with Gasteiger partial charge < -0.3 is 0 Å². The average Bonchev–Trinajstić information content (AvgIpc) is 2.04. The summed E-state index contributed by atoms with van der Waals surface area (Å²) < 4.78 is 0. The van der Waals surface area contributed by atoms with E-state index in [1.165, 1.54) is 6.21 Å². The Bertz CT molecular complexity index is 201. The molecule has 0 spiro atoms. The van der Waals surface area contributed by atoms with Gasteiger partial charge in [0, 0.05) is 6.21 Å². The fraction of sp³-hybridized carbons (Fsp3) is 0.636. The highest BCUT2D eigenvalue weighted by Crippen LogP contribution is 2.08. The van der Waals surface area contributed by atoms with Crippen molar-refractivity contribution in [2.45, 2.75) is 34.1 Å². The van der Waals surface area contributed by atoms with E-state index in [4.69, 9.17) is 0 Å². The Balaban J connectivity index is 0.000000310. The van der Waals surface area contributed by atoms with Gasteiger partial charge in [-0.3, -0.25) is 4.79 Å². The van der Waals surface area contributed by atoms with Crippen LogP contribution in [-0.4, -0.2) is 12.1 Å². The molecule has 0 aliphatic carbocycles. The molecular weight excluding hydrogens is 162 g/mol. The first kappa shape index (κ1) is 12.1. The zero-order valence-corrected chi connectivity index (χ0v) is 8.95. The Morgan fingerprint density at radius 3 is 2.31 bits per heavy atom. The SMILES string of the molecule is CC(C)C.CCC1C=CC=NC1=O. The van der Waals surface area contributed by atoms with E-state index in [2.05, 4.69) is 25.8 Å². The van der Waals surface area contributed by atoms with Crippen LogP contribution in [0.1, 0.15) is 34.1 Å². The number of rotatable bonds is 1. The fourth-order valence-corrected chi connectivity index (χ4v) is 0.789. The topological polar surface area (TPSA) is 29.4 Å². The average molecular weight is 181 g/mol. The van der Waals surface area contributed by atoms with Crippen molar-refractivity contribution in [1.29, 1.82) is 0 Å². The quantitative estimate of drug-likeness (QED) is 0.611. The molecule has 0 radical (unpaired) electrons. The van der Waals surface area contributed by atoms with E-state index in [0.29, 0.717) is 0 Å². The van der Waals surface area contributed by atoms with Crippen molar-refractivity contribution in [3.63, 3.8) is 0 Å². The highest BCUT2D eigenvalue weighted by atomic mass is 16.1. The second-order valence-electron chi connectivity index (χ2n) is 3.75. The number of allylic oxidation sites excluding steroid dienone is 1. The standard InChI is InChI=1S/C7H9NO.C4H10/c1-2-6-4-3-5-8-7(6)9;1-4(2)3/h3-6H,2H2,1H3;4H,1-3H3. The Morgan fingerprint density at radius 1 is 1.46 bits per heavy atom. The Morgan fingerprint density at radius 2 is 2.00 bits per heavy atom. The maximum Gasteiger partial charge on any atom is 0.252 e. The lowest BCUT2D eigenvalue weighted by Gasteiger charge is -2.05. The highest BCUT2D eigenvalue weighted by molar-refractivity contribution is 5.94. The molecule has 2 nitrogen and oxygen atoms in total. The third kappa shape index (κ3) is 6.26. The van der Waals surface area contributed by atoms with E-state index in [9.17, 15) is 4.79 Å². The molecule has 1 heterocycles. The molecule has 1 atom stereocenters. The number of carbonyl (C=O) groups is 1. The number of carbonyl (C=O) groups excluding carboxylic acids is 1. The Labute approximate surface area is 80.8 Å². The summed E-state index contributed by atoms with van der Waals surface area (Å²) in [4.78, 5) is 14.4. The maximum atomic E-state index is 10.8. The fourth-order valence-electron chi connectivity index (χ4n) is 0.789. The number of dihydropyridines is 1. The van der Waals surface area contributed by atoms with E-state index in [1.807, 2.05) is 19.1 Å². The lowest BCUT2D eigenvalue weighted by atomic mass is 10.0. The number of aliphatic imine (C=N–C) groups is 1. The smallest absolute Gasteiger partial charge is 0.252 e. The minimum atomic E-state index is -0.0139. The molecule has 1 unspecified atom stereocenters. The van der Waals surface area contributed by atoms with Crippen LogP contribution in [0.3, 0.4) is 0 Å². The number of hydrogen-bond donors (Lipinski definition) is 0. The lowest BCUT2D eigenvalue weighted by molar-refractivity contribution is -0.120. The van der Waals surface area contributed by atoms with E-state index in [-0.39, 0.29) is 11.8 Å². The zero-order valence-electron chi connectivity index (χ0n) is 8.95. The van der Waals surface area contributed by atoms with Crippen molar-refractivity contribution < 1.29 is 4.79 Å². The van der Waals surface area contributed by atoms with Crippen molar-refractivity contribution in [1.82, 2.24) is 0 Å². The first-order valence-corrected chi connectivity index (χ1v) is 4.82. The van der Waals surface area contributed by atoms with Crippen LogP contribution >= 0.6 is 0 Å². The zero-order chi connectivity index (χ0) is 10.3. The molecule has 13 heavy (non-hydrogen) atoms. The van der Waals surface area contributed by atoms with Gasteiger partial charge in [-0.25, -0.2) is 4.99 Å². The summed E-state index contributed by atoms with van der Waals surface area (Å²) >= 11 is 0. The number of hydrogen-bond acceptors (Lipinski definition) is 1. The van der Waals surface area contributed by atoms with Crippen molar-refractivity contribution in [3.05, 3.63) is 12.2 Å². The van der Waals surface area contributed by atoms with Gasteiger partial charge >= 0.3 is 0 Å². The van der Waals surface area contributed by atoms with E-state index >= 15 is 0 Å². The Kier molecular flexibility index (Phi) is 6.11. The molecule has 0 aromatic carbocycles. The summed E-state index contributed by atoms with van der Waals surface area (Å²) in [5.74, 6) is 0.856. The predicted molar refractivity (Wildman–Crippen MR) is 56.9 cm³/mol. The minimum absolute atomic E-state index is 0.0139. The summed E-state index contributed by atoms with van der Waals surface area (Å²) in [7, 11) is 0. The summed E-state index contributed by atoms with van der Waals surface area (Å²) in [5, 5.41) is 0. The summed E-state index contributed by atoms with van der Waals surface area (Å²) in [6.45, 7) is 8.48. The van der Waals surface area contributed by atoms with Crippen LogP contribution in [0.25, 0.3) is 0 Å². The predicted octanol–water partition coefficient (Wildman–Crippen LogP) is 2.84. The Hall–Kier alpha value is -0.920. The molecule has 74 valence electrons. The first-order chi connectivity index (χ1) is 6.07. The van der Waals surface area contributed by atoms with Crippen LogP contribution in [0, 0.1) is 11.8 Å². The molecule has 0 saturated heterocycles. The molecule has 0 aromatic rings. The van der Waals surface area contributed by atoms with Gasteiger partial charge in [0.05, 0.1) is 5.92 Å². The second-order valence-corrected chi connectivity index (χ2v) is 3.75. The van der Waals surface area contributed by atoms with Gasteiger partial charge in [-0.2, -0.15) is 0 Å². The van der Waals surface area contributed by atoms with Crippen LogP contribution in [0.15, 0.2) is 17.1 Å². The molecule has 1 aliphatic heterocycles. The summed E-state index contributed by atoms with van der Waals surface area (Å²) in [6.07, 6.45) is 6.09. The van der Waals surface area contributed by atoms with Crippen LogP contribution in [0.5, 0.6) is 0 Å². The van der Waals surface area contributed by atoms with Gasteiger partial charge in [-0.05, 0) is 18.4 Å². The molecule has 2 heteroatoms. The van der Waals surface area contributed by atoms with Gasteiger partial charge in [0.25, 0.3) is 5.91 Å². The second kappa shape index (κ2) is 6.58. The summed E-state index contributed by atoms with van der Waals surface area (Å²) in [6, 6.07) is 0. The molecule has 0 aromatic heterocycles. The third-order valence-electron chi connectivity index (χ3n) is 1.39. The van der Waals surface area contributed by atoms with Gasteiger partial charge in [0.15, 0.2) is 0 Å². The molecule has 0 saturated carbocycles. The molecule has 0 bridgehead atoms. The van der Waals surface area contributed by atoms with E-state index in [0.717, 1.165) is 12.3 Å². The number of nitrogens with zero attached hydrogens (tertiary/aromatic N) is 1. The van der Waals surface area contributed by atoms with E-state index < -0.39 is 0 Å². The third-order valence-corrected chi connectivity index (χ3v) is 1.39. The van der Waals surface area contributed by atoms with Crippen molar-refractivity contribution in [2.24, 2.45) is 16.8 Å². The molecule has 0 fully saturated rings.